The summed E-state index contributed by atoms with van der Waals surface area (Å²) < 4.78 is 52.8. The Morgan fingerprint density at radius 3 is 0.760 bits per heavy atom. The molecule has 0 bridgehead atoms. The molecule has 0 heterocycles. The van der Waals surface area contributed by atoms with Crippen molar-refractivity contribution in [3.8, 4) is 51.7 Å². The predicted molar refractivity (Wildman–Crippen MR) is 182 cm³/mol. The molecule has 0 saturated heterocycles. The molecule has 1 aliphatic rings. The maximum absolute atomic E-state index is 5.98. The molecule has 0 saturated carbocycles. The second kappa shape index (κ2) is 18.1. The summed E-state index contributed by atoms with van der Waals surface area (Å²) in [6.45, 7) is 8.84. The molecule has 0 unspecified atom stereocenters. The molecular formula is C36H45Cl3O9SiTi. The van der Waals surface area contributed by atoms with Crippen LogP contribution in [-0.4, -0.2) is 72.1 Å². The van der Waals surface area contributed by atoms with Gasteiger partial charge in [0, 0.05) is 0 Å². The van der Waals surface area contributed by atoms with Gasteiger partial charge in [-0.1, -0.05) is 0 Å². The Kier molecular flexibility index (Phi) is 16.3. The maximum Gasteiger partial charge on any atom is -1.00 e. The van der Waals surface area contributed by atoms with E-state index in [0.717, 1.165) is 15.6 Å². The van der Waals surface area contributed by atoms with E-state index in [0.29, 0.717) is 51.7 Å². The fourth-order valence-electron chi connectivity index (χ4n) is 7.01. The van der Waals surface area contributed by atoms with Crippen LogP contribution in [-0.2, 0) is 20.4 Å². The van der Waals surface area contributed by atoms with E-state index in [-0.39, 0.29) is 37.2 Å². The van der Waals surface area contributed by atoms with Gasteiger partial charge in [-0.15, -0.1) is 0 Å². The number of benzene rings is 3. The van der Waals surface area contributed by atoms with E-state index in [4.69, 9.17) is 42.6 Å². The molecule has 14 heteroatoms. The van der Waals surface area contributed by atoms with E-state index < -0.39 is 11.4 Å². The third kappa shape index (κ3) is 6.75. The van der Waals surface area contributed by atoms with Crippen LogP contribution >= 0.6 is 0 Å². The van der Waals surface area contributed by atoms with Crippen LogP contribution in [0.3, 0.4) is 0 Å². The molecule has 0 amide bonds. The van der Waals surface area contributed by atoms with E-state index >= 15 is 0 Å². The Bertz CT molecular complexity index is 1490. The van der Waals surface area contributed by atoms with Gasteiger partial charge >= 0.3 is 292 Å². The van der Waals surface area contributed by atoms with E-state index in [2.05, 4.69) is 84.5 Å². The Morgan fingerprint density at radius 1 is 0.400 bits per heavy atom. The molecule has 0 atom stereocenters. The first-order valence-electron chi connectivity index (χ1n) is 15.0. The average Bonchev–Trinajstić information content (AvgIpc) is 3.25. The molecule has 0 radical (unpaired) electrons. The van der Waals surface area contributed by atoms with Gasteiger partial charge in [-0.3, -0.25) is 0 Å². The Balaban J connectivity index is 0.00000417. The number of ether oxygens (including phenoxy) is 9. The summed E-state index contributed by atoms with van der Waals surface area (Å²) in [5, 5.41) is 2.96. The Hall–Kier alpha value is -2.86. The van der Waals surface area contributed by atoms with Crippen LogP contribution in [0.1, 0.15) is 27.7 Å². The van der Waals surface area contributed by atoms with Crippen molar-refractivity contribution >= 4 is 23.6 Å². The average molecular weight is 804 g/mol. The minimum Gasteiger partial charge on any atom is -1.00 e. The number of methoxy groups -OCH3 is 9. The summed E-state index contributed by atoms with van der Waals surface area (Å²) in [7, 11) is 11.1. The number of rotatable bonds is 13. The van der Waals surface area contributed by atoms with Crippen molar-refractivity contribution in [3.05, 3.63) is 58.7 Å². The summed E-state index contributed by atoms with van der Waals surface area (Å²) in [6, 6.07) is 12.4. The fraction of sp³-hybridized carbons (Fsp3) is 0.389. The molecule has 0 aromatic heterocycles. The smallest absolute Gasteiger partial charge is 1.00 e. The normalized spacial score (nSPS) is 13.3. The minimum atomic E-state index is -3.48. The third-order valence-corrected chi connectivity index (χ3v) is 17.9. The minimum absolute atomic E-state index is 0. The van der Waals surface area contributed by atoms with Crippen LogP contribution in [0.4, 0.5) is 0 Å². The Labute approximate surface area is 327 Å². The first-order chi connectivity index (χ1) is 22.4. The molecule has 3 aromatic carbocycles. The number of allylic oxidation sites excluding steroid dienone is 4. The summed E-state index contributed by atoms with van der Waals surface area (Å²) in [6.07, 6.45) is 0. The molecule has 0 aliphatic heterocycles. The van der Waals surface area contributed by atoms with Gasteiger partial charge in [-0.25, -0.2) is 0 Å². The van der Waals surface area contributed by atoms with Crippen LogP contribution < -0.4 is 95.4 Å². The van der Waals surface area contributed by atoms with E-state index in [1.807, 2.05) is 0 Å². The predicted octanol–water partition coefficient (Wildman–Crippen LogP) is -3.82. The van der Waals surface area contributed by atoms with Crippen LogP contribution in [0.5, 0.6) is 51.7 Å². The first-order valence-corrected chi connectivity index (χ1v) is 17.8. The van der Waals surface area contributed by atoms with Crippen molar-refractivity contribution in [1.29, 1.82) is 0 Å². The van der Waals surface area contributed by atoms with Gasteiger partial charge in [-0.05, 0) is 0 Å². The van der Waals surface area contributed by atoms with Gasteiger partial charge in [0.2, 0.25) is 0 Å². The van der Waals surface area contributed by atoms with Gasteiger partial charge in [0.1, 0.15) is 0 Å². The van der Waals surface area contributed by atoms with Crippen molar-refractivity contribution in [2.45, 2.75) is 31.0 Å². The van der Waals surface area contributed by atoms with Crippen molar-refractivity contribution in [3.63, 3.8) is 0 Å². The van der Waals surface area contributed by atoms with Crippen molar-refractivity contribution in [2.75, 3.05) is 64.0 Å². The second-order valence-corrected chi connectivity index (χ2v) is 17.2. The molecule has 0 fully saturated rings. The molecule has 0 N–H and O–H groups in total. The quantitative estimate of drug-likeness (QED) is 0.128. The molecule has 9 nitrogen and oxygen atoms in total. The number of halogens is 3. The van der Waals surface area contributed by atoms with Gasteiger partial charge in [0.15, 0.2) is 0 Å². The van der Waals surface area contributed by atoms with Crippen LogP contribution in [0.2, 0.25) is 3.34 Å². The Morgan fingerprint density at radius 2 is 0.600 bits per heavy atom. The fourth-order valence-corrected chi connectivity index (χ4v) is 15.5. The van der Waals surface area contributed by atoms with Gasteiger partial charge in [-0.2, -0.15) is 0 Å². The summed E-state index contributed by atoms with van der Waals surface area (Å²) >= 11 is 2.33. The zero-order valence-electron chi connectivity index (χ0n) is 30.8. The topological polar surface area (TPSA) is 83.1 Å². The SMILES string of the molecule is COc1cc([Si](c2cc(OC)c(OC)c(OC)c2)(c2cc(OC)c(OC)c(OC)c2)[C]2([Ti+3])C(C)=C(C)C(C)=C2C)cc(OC)c1OC.[Cl-].[Cl-].[Cl-]. The van der Waals surface area contributed by atoms with Gasteiger partial charge in [0.25, 0.3) is 0 Å². The van der Waals surface area contributed by atoms with Crippen LogP contribution in [0, 0.1) is 0 Å². The number of hydrogen-bond acceptors (Lipinski definition) is 9. The van der Waals surface area contributed by atoms with Crippen LogP contribution in [0.15, 0.2) is 58.7 Å². The molecule has 1 aliphatic carbocycles. The van der Waals surface area contributed by atoms with Gasteiger partial charge in [0.05, 0.1) is 0 Å². The molecule has 50 heavy (non-hydrogen) atoms. The zero-order valence-corrected chi connectivity index (χ0v) is 35.6. The summed E-state index contributed by atoms with van der Waals surface area (Å²) in [4.78, 5) is 0. The van der Waals surface area contributed by atoms with E-state index in [1.54, 1.807) is 64.0 Å². The largest absolute Gasteiger partial charge is 1.00 e. The van der Waals surface area contributed by atoms with Crippen molar-refractivity contribution < 1.29 is 100 Å². The van der Waals surface area contributed by atoms with E-state index in [1.165, 1.54) is 22.3 Å². The monoisotopic (exact) mass is 802 g/mol. The van der Waals surface area contributed by atoms with E-state index in [9.17, 15) is 0 Å². The maximum atomic E-state index is 5.98. The van der Waals surface area contributed by atoms with Crippen LogP contribution in [0.25, 0.3) is 0 Å². The number of hydrogen-bond donors (Lipinski definition) is 0. The standard InChI is InChI=1S/C36H45O9Si.3ClH.Ti/c1-20-21(2)23(4)36(22(20)3)46(24-14-27(37-5)33(43-11)28(15-24)38-6,25-16-29(39-7)34(44-12)30(17-25)40-8)26-18-31(41-9)35(45-13)32(19-26)42-10;;;;/h14-19H,1-13H3;3*1H;/q;;;;+3/p-3. The molecule has 3 aromatic rings. The molecular weight excluding hydrogens is 759 g/mol. The second-order valence-electron chi connectivity index (χ2n) is 11.2. The molecule has 4 rings (SSSR count). The zero-order chi connectivity index (χ0) is 34.8. The summed E-state index contributed by atoms with van der Waals surface area (Å²) in [5.41, 5.74) is 4.98. The van der Waals surface area contributed by atoms with Crippen molar-refractivity contribution in [1.82, 2.24) is 0 Å². The third-order valence-electron chi connectivity index (χ3n) is 9.67. The summed E-state index contributed by atoms with van der Waals surface area (Å²) in [5.74, 6) is 4.73. The van der Waals surface area contributed by atoms with Crippen molar-refractivity contribution in [2.24, 2.45) is 0 Å². The molecule has 272 valence electrons. The first kappa shape index (κ1) is 45.2. The molecule has 0 spiro atoms. The van der Waals surface area contributed by atoms with Gasteiger partial charge < -0.3 is 37.2 Å².